The number of nitrogens with zero attached hydrogens (tertiary/aromatic N) is 3. The van der Waals surface area contributed by atoms with Crippen LogP contribution in [0.25, 0.3) is 5.82 Å². The van der Waals surface area contributed by atoms with Crippen molar-refractivity contribution in [1.82, 2.24) is 19.9 Å². The summed E-state index contributed by atoms with van der Waals surface area (Å²) in [6, 6.07) is 3.33. The van der Waals surface area contributed by atoms with Crippen molar-refractivity contribution in [1.29, 1.82) is 0 Å². The fourth-order valence-corrected chi connectivity index (χ4v) is 1.87. The number of rotatable bonds is 5. The van der Waals surface area contributed by atoms with Gasteiger partial charge in [0.1, 0.15) is 12.1 Å². The second kappa shape index (κ2) is 5.74. The normalized spacial score (nSPS) is 11.1. The first-order valence-electron chi connectivity index (χ1n) is 6.36. The lowest BCUT2D eigenvalue weighted by Crippen LogP contribution is -2.44. The molecule has 0 aliphatic carbocycles. The van der Waals surface area contributed by atoms with Crippen molar-refractivity contribution < 1.29 is 14.7 Å². The Morgan fingerprint density at radius 1 is 1.38 bits per heavy atom. The number of nitrogens with one attached hydrogen (secondary N) is 1. The van der Waals surface area contributed by atoms with E-state index in [1.54, 1.807) is 49.3 Å². The van der Waals surface area contributed by atoms with Crippen LogP contribution in [0.3, 0.4) is 0 Å². The highest BCUT2D eigenvalue weighted by Crippen LogP contribution is 2.11. The van der Waals surface area contributed by atoms with Gasteiger partial charge in [-0.05, 0) is 26.0 Å². The van der Waals surface area contributed by atoms with Crippen molar-refractivity contribution in [3.63, 3.8) is 0 Å². The first-order chi connectivity index (χ1) is 9.87. The van der Waals surface area contributed by atoms with E-state index in [0.717, 1.165) is 0 Å². The number of carbonyl (C=O) groups excluding carboxylic acids is 1. The molecular weight excluding hydrogens is 272 g/mol. The van der Waals surface area contributed by atoms with Gasteiger partial charge in [0.2, 0.25) is 0 Å². The van der Waals surface area contributed by atoms with Gasteiger partial charge in [-0.3, -0.25) is 14.2 Å². The van der Waals surface area contributed by atoms with E-state index in [-0.39, 0.29) is 12.3 Å². The molecule has 2 rings (SSSR count). The molecule has 0 atom stereocenters. The summed E-state index contributed by atoms with van der Waals surface area (Å²) in [6.45, 7) is 3.32. The number of hydrogen-bond donors (Lipinski definition) is 2. The molecule has 0 aliphatic rings. The Morgan fingerprint density at radius 3 is 2.67 bits per heavy atom. The Hall–Kier alpha value is -2.70. The quantitative estimate of drug-likeness (QED) is 0.863. The number of aromatic nitrogens is 3. The van der Waals surface area contributed by atoms with E-state index in [2.05, 4.69) is 15.3 Å². The third-order valence-electron chi connectivity index (χ3n) is 2.82. The summed E-state index contributed by atoms with van der Waals surface area (Å²) in [5.74, 6) is -0.673. The molecule has 0 saturated carbocycles. The summed E-state index contributed by atoms with van der Waals surface area (Å²) >= 11 is 0. The zero-order valence-corrected chi connectivity index (χ0v) is 11.8. The van der Waals surface area contributed by atoms with Crippen LogP contribution in [0.2, 0.25) is 0 Å². The van der Waals surface area contributed by atoms with Crippen molar-refractivity contribution in [2.45, 2.75) is 25.8 Å². The second-order valence-electron chi connectivity index (χ2n) is 5.28. The number of carboxylic acids is 1. The molecule has 0 unspecified atom stereocenters. The van der Waals surface area contributed by atoms with Crippen molar-refractivity contribution in [3.05, 3.63) is 42.6 Å². The number of imidazole rings is 1. The van der Waals surface area contributed by atoms with Crippen LogP contribution in [0.15, 0.2) is 37.1 Å². The molecular formula is C14H16N4O3. The number of hydrogen-bond acceptors (Lipinski definition) is 4. The zero-order valence-electron chi connectivity index (χ0n) is 11.8. The van der Waals surface area contributed by atoms with Crippen LogP contribution in [-0.4, -0.2) is 37.1 Å². The highest BCUT2D eigenvalue weighted by Gasteiger charge is 2.24. The van der Waals surface area contributed by atoms with E-state index in [4.69, 9.17) is 5.11 Å². The van der Waals surface area contributed by atoms with Gasteiger partial charge < -0.3 is 10.4 Å². The van der Waals surface area contributed by atoms with Gasteiger partial charge in [0.15, 0.2) is 0 Å². The lowest BCUT2D eigenvalue weighted by atomic mass is 10.0. The maximum Gasteiger partial charge on any atom is 0.305 e. The third kappa shape index (κ3) is 3.88. The highest BCUT2D eigenvalue weighted by molar-refractivity contribution is 5.94. The van der Waals surface area contributed by atoms with Gasteiger partial charge in [0.25, 0.3) is 5.91 Å². The third-order valence-corrected chi connectivity index (χ3v) is 2.82. The number of amides is 1. The van der Waals surface area contributed by atoms with E-state index in [1.807, 2.05) is 0 Å². The predicted molar refractivity (Wildman–Crippen MR) is 75.2 cm³/mol. The number of carboxylic acid groups (broad SMARTS) is 1. The summed E-state index contributed by atoms with van der Waals surface area (Å²) in [7, 11) is 0. The molecule has 0 saturated heterocycles. The molecule has 0 fully saturated rings. The van der Waals surface area contributed by atoms with Crippen molar-refractivity contribution in [2.24, 2.45) is 0 Å². The highest BCUT2D eigenvalue weighted by atomic mass is 16.4. The van der Waals surface area contributed by atoms with Gasteiger partial charge in [-0.2, -0.15) is 0 Å². The maximum atomic E-state index is 12.1. The largest absolute Gasteiger partial charge is 0.481 e. The molecule has 0 radical (unpaired) electrons. The van der Waals surface area contributed by atoms with Crippen LogP contribution < -0.4 is 5.32 Å². The monoisotopic (exact) mass is 288 g/mol. The molecule has 2 aromatic rings. The van der Waals surface area contributed by atoms with Crippen LogP contribution in [0, 0.1) is 0 Å². The van der Waals surface area contributed by atoms with Crippen LogP contribution in [0.5, 0.6) is 0 Å². The summed E-state index contributed by atoms with van der Waals surface area (Å²) < 4.78 is 1.72. The molecule has 110 valence electrons. The van der Waals surface area contributed by atoms with Crippen molar-refractivity contribution >= 4 is 11.9 Å². The van der Waals surface area contributed by atoms with Crippen LogP contribution in [0.4, 0.5) is 0 Å². The molecule has 1 amide bonds. The lowest BCUT2D eigenvalue weighted by Gasteiger charge is -2.24. The molecule has 7 heteroatoms. The number of pyridine rings is 1. The van der Waals surface area contributed by atoms with Gasteiger partial charge in [0.05, 0.1) is 12.0 Å². The van der Waals surface area contributed by atoms with Crippen molar-refractivity contribution in [2.75, 3.05) is 0 Å². The second-order valence-corrected chi connectivity index (χ2v) is 5.28. The minimum atomic E-state index is -0.964. The van der Waals surface area contributed by atoms with Gasteiger partial charge in [-0.25, -0.2) is 9.97 Å². The van der Waals surface area contributed by atoms with Gasteiger partial charge >= 0.3 is 5.97 Å². The van der Waals surface area contributed by atoms with E-state index < -0.39 is 11.5 Å². The molecule has 2 heterocycles. The van der Waals surface area contributed by atoms with Crippen molar-refractivity contribution in [3.8, 4) is 5.82 Å². The Morgan fingerprint density at radius 2 is 2.14 bits per heavy atom. The Bertz CT molecular complexity index is 633. The van der Waals surface area contributed by atoms with Crippen LogP contribution in [-0.2, 0) is 4.79 Å². The molecule has 7 nitrogen and oxygen atoms in total. The molecule has 0 spiro atoms. The zero-order chi connectivity index (χ0) is 15.5. The first-order valence-corrected chi connectivity index (χ1v) is 6.36. The van der Waals surface area contributed by atoms with E-state index in [1.165, 1.54) is 6.20 Å². The Kier molecular flexibility index (Phi) is 4.02. The molecule has 0 aromatic carbocycles. The van der Waals surface area contributed by atoms with E-state index in [9.17, 15) is 9.59 Å². The fourth-order valence-electron chi connectivity index (χ4n) is 1.87. The maximum absolute atomic E-state index is 12.1. The summed E-state index contributed by atoms with van der Waals surface area (Å²) in [5, 5.41) is 11.5. The minimum absolute atomic E-state index is 0.153. The number of aliphatic carboxylic acids is 1. The Labute approximate surface area is 121 Å². The van der Waals surface area contributed by atoms with E-state index in [0.29, 0.717) is 11.4 Å². The topological polar surface area (TPSA) is 97.1 Å². The van der Waals surface area contributed by atoms with Gasteiger partial charge in [0, 0.05) is 24.1 Å². The Balaban J connectivity index is 2.08. The average molecular weight is 288 g/mol. The average Bonchev–Trinajstić information content (AvgIpc) is 2.90. The summed E-state index contributed by atoms with van der Waals surface area (Å²) in [6.07, 6.45) is 6.29. The summed E-state index contributed by atoms with van der Waals surface area (Å²) in [4.78, 5) is 30.9. The predicted octanol–water partition coefficient (Wildman–Crippen LogP) is 1.25. The van der Waals surface area contributed by atoms with Gasteiger partial charge in [-0.15, -0.1) is 0 Å². The smallest absolute Gasteiger partial charge is 0.305 e. The number of carbonyl (C=O) groups is 2. The van der Waals surface area contributed by atoms with Crippen LogP contribution >= 0.6 is 0 Å². The fraction of sp³-hybridized carbons (Fsp3) is 0.286. The molecule has 2 aromatic heterocycles. The van der Waals surface area contributed by atoms with Gasteiger partial charge in [-0.1, -0.05) is 0 Å². The SMILES string of the molecule is CC(C)(CC(=O)O)NC(=O)c1ccc(-n2ccnc2)nc1. The molecule has 0 aliphatic heterocycles. The lowest BCUT2D eigenvalue weighted by molar-refractivity contribution is -0.138. The molecule has 2 N–H and O–H groups in total. The minimum Gasteiger partial charge on any atom is -0.481 e. The first kappa shape index (κ1) is 14.7. The standard InChI is InChI=1S/C14H16N4O3/c1-14(2,7-12(19)20)17-13(21)10-3-4-11(16-8-10)18-6-5-15-9-18/h3-6,8-9H,7H2,1-2H3,(H,17,21)(H,19,20). The van der Waals surface area contributed by atoms with Crippen LogP contribution in [0.1, 0.15) is 30.6 Å². The molecule has 21 heavy (non-hydrogen) atoms. The summed E-state index contributed by atoms with van der Waals surface area (Å²) in [5.41, 5.74) is -0.455. The molecule has 0 bridgehead atoms. The van der Waals surface area contributed by atoms with E-state index >= 15 is 0 Å².